The van der Waals surface area contributed by atoms with Crippen LogP contribution >= 0.6 is 11.6 Å². The SMILES string of the molecule is CN(C)C(=O)c1cccc(NC(=O)c2cc3cc(Cl)ccc3[nH]2)c1. The zero-order chi connectivity index (χ0) is 17.3. The summed E-state index contributed by atoms with van der Waals surface area (Å²) in [6, 6.07) is 14.0. The van der Waals surface area contributed by atoms with Gasteiger partial charge < -0.3 is 15.2 Å². The van der Waals surface area contributed by atoms with Crippen LogP contribution in [0.2, 0.25) is 5.02 Å². The quantitative estimate of drug-likeness (QED) is 0.761. The molecule has 1 heterocycles. The maximum absolute atomic E-state index is 12.4. The van der Waals surface area contributed by atoms with Crippen LogP contribution in [0.15, 0.2) is 48.5 Å². The summed E-state index contributed by atoms with van der Waals surface area (Å²) in [6.45, 7) is 0. The van der Waals surface area contributed by atoms with E-state index in [0.717, 1.165) is 10.9 Å². The van der Waals surface area contributed by atoms with E-state index in [1.807, 2.05) is 6.07 Å². The second-order valence-corrected chi connectivity index (χ2v) is 6.09. The maximum Gasteiger partial charge on any atom is 0.272 e. The molecule has 0 fully saturated rings. The van der Waals surface area contributed by atoms with E-state index in [9.17, 15) is 9.59 Å². The summed E-state index contributed by atoms with van der Waals surface area (Å²) in [5.74, 6) is -0.400. The number of carbonyl (C=O) groups is 2. The van der Waals surface area contributed by atoms with Gasteiger partial charge in [0, 0.05) is 41.3 Å². The van der Waals surface area contributed by atoms with Crippen molar-refractivity contribution in [2.24, 2.45) is 0 Å². The van der Waals surface area contributed by atoms with Crippen LogP contribution in [0, 0.1) is 0 Å². The number of carbonyl (C=O) groups excluding carboxylic acids is 2. The van der Waals surface area contributed by atoms with Crippen LogP contribution in [0.25, 0.3) is 10.9 Å². The Morgan fingerprint density at radius 2 is 1.88 bits per heavy atom. The monoisotopic (exact) mass is 341 g/mol. The normalized spacial score (nSPS) is 10.6. The summed E-state index contributed by atoms with van der Waals surface area (Å²) < 4.78 is 0. The van der Waals surface area contributed by atoms with Gasteiger partial charge in [-0.15, -0.1) is 0 Å². The molecule has 0 bridgehead atoms. The molecule has 5 nitrogen and oxygen atoms in total. The average Bonchev–Trinajstić information content (AvgIpc) is 2.97. The standard InChI is InChI=1S/C18H16ClN3O2/c1-22(2)18(24)11-4-3-5-14(9-11)20-17(23)16-10-12-8-13(19)6-7-15(12)21-16/h3-10,21H,1-2H3,(H,20,23). The van der Waals surface area contributed by atoms with Crippen molar-refractivity contribution >= 4 is 40.0 Å². The Balaban J connectivity index is 1.83. The van der Waals surface area contributed by atoms with Crippen molar-refractivity contribution in [1.82, 2.24) is 9.88 Å². The lowest BCUT2D eigenvalue weighted by atomic mass is 10.2. The first-order valence-corrected chi connectivity index (χ1v) is 7.73. The van der Waals surface area contributed by atoms with Gasteiger partial charge in [0.05, 0.1) is 0 Å². The molecular weight excluding hydrogens is 326 g/mol. The number of nitrogens with one attached hydrogen (secondary N) is 2. The van der Waals surface area contributed by atoms with Gasteiger partial charge in [0.15, 0.2) is 0 Å². The number of hydrogen-bond donors (Lipinski definition) is 2. The first-order chi connectivity index (χ1) is 11.4. The van der Waals surface area contributed by atoms with Crippen LogP contribution < -0.4 is 5.32 Å². The highest BCUT2D eigenvalue weighted by atomic mass is 35.5. The number of aromatic amines is 1. The Bertz CT molecular complexity index is 931. The van der Waals surface area contributed by atoms with Gasteiger partial charge in [-0.1, -0.05) is 17.7 Å². The predicted molar refractivity (Wildman–Crippen MR) is 95.7 cm³/mol. The van der Waals surface area contributed by atoms with Crippen molar-refractivity contribution in [2.75, 3.05) is 19.4 Å². The summed E-state index contributed by atoms with van der Waals surface area (Å²) in [5, 5.41) is 4.27. The number of hydrogen-bond acceptors (Lipinski definition) is 2. The summed E-state index contributed by atoms with van der Waals surface area (Å²) in [6.07, 6.45) is 0. The number of fused-ring (bicyclic) bond motifs is 1. The maximum atomic E-state index is 12.4. The van der Waals surface area contributed by atoms with E-state index in [2.05, 4.69) is 10.3 Å². The molecule has 0 aliphatic heterocycles. The van der Waals surface area contributed by atoms with Crippen LogP contribution in [0.1, 0.15) is 20.8 Å². The zero-order valence-electron chi connectivity index (χ0n) is 13.3. The Kier molecular flexibility index (Phi) is 4.27. The molecule has 2 aromatic carbocycles. The third kappa shape index (κ3) is 3.26. The number of nitrogens with zero attached hydrogens (tertiary/aromatic N) is 1. The van der Waals surface area contributed by atoms with Crippen LogP contribution in [0.5, 0.6) is 0 Å². The Hall–Kier alpha value is -2.79. The molecule has 1 aromatic heterocycles. The highest BCUT2D eigenvalue weighted by molar-refractivity contribution is 6.31. The minimum Gasteiger partial charge on any atom is -0.351 e. The Labute approximate surface area is 144 Å². The lowest BCUT2D eigenvalue weighted by molar-refractivity contribution is 0.0827. The van der Waals surface area contributed by atoms with Gasteiger partial charge in [-0.2, -0.15) is 0 Å². The fourth-order valence-electron chi connectivity index (χ4n) is 2.41. The highest BCUT2D eigenvalue weighted by Gasteiger charge is 2.12. The molecule has 2 N–H and O–H groups in total. The van der Waals surface area contributed by atoms with Crippen molar-refractivity contribution < 1.29 is 9.59 Å². The van der Waals surface area contributed by atoms with Crippen molar-refractivity contribution in [3.63, 3.8) is 0 Å². The minimum atomic E-state index is -0.281. The van der Waals surface area contributed by atoms with Crippen LogP contribution in [0.3, 0.4) is 0 Å². The summed E-state index contributed by atoms with van der Waals surface area (Å²) in [7, 11) is 3.37. The second-order valence-electron chi connectivity index (χ2n) is 5.65. The Morgan fingerprint density at radius 3 is 2.62 bits per heavy atom. The molecule has 2 amide bonds. The fraction of sp³-hybridized carbons (Fsp3) is 0.111. The molecule has 0 radical (unpaired) electrons. The predicted octanol–water partition coefficient (Wildman–Crippen LogP) is 3.78. The number of aromatic nitrogens is 1. The van der Waals surface area contributed by atoms with Crippen LogP contribution in [-0.4, -0.2) is 35.8 Å². The van der Waals surface area contributed by atoms with Crippen molar-refractivity contribution in [3.8, 4) is 0 Å². The molecule has 6 heteroatoms. The molecule has 0 spiro atoms. The first kappa shape index (κ1) is 16.1. The molecular formula is C18H16ClN3O2. The van der Waals surface area contributed by atoms with Crippen molar-refractivity contribution in [1.29, 1.82) is 0 Å². The van der Waals surface area contributed by atoms with E-state index in [4.69, 9.17) is 11.6 Å². The number of halogens is 1. The van der Waals surface area contributed by atoms with Crippen molar-refractivity contribution in [2.45, 2.75) is 0 Å². The van der Waals surface area contributed by atoms with E-state index in [-0.39, 0.29) is 11.8 Å². The number of H-pyrrole nitrogens is 1. The highest BCUT2D eigenvalue weighted by Crippen LogP contribution is 2.21. The number of amides is 2. The molecule has 0 unspecified atom stereocenters. The van der Waals surface area contributed by atoms with E-state index in [0.29, 0.717) is 22.0 Å². The van der Waals surface area contributed by atoms with Gasteiger partial charge >= 0.3 is 0 Å². The van der Waals surface area contributed by atoms with E-state index >= 15 is 0 Å². The van der Waals surface area contributed by atoms with E-state index in [1.165, 1.54) is 4.90 Å². The summed E-state index contributed by atoms with van der Waals surface area (Å²) in [5.41, 5.74) is 2.34. The molecule has 24 heavy (non-hydrogen) atoms. The zero-order valence-corrected chi connectivity index (χ0v) is 14.0. The summed E-state index contributed by atoms with van der Waals surface area (Å²) >= 11 is 5.96. The lowest BCUT2D eigenvalue weighted by Gasteiger charge is -2.11. The molecule has 0 atom stereocenters. The third-order valence-corrected chi connectivity index (χ3v) is 3.84. The smallest absolute Gasteiger partial charge is 0.272 e. The molecule has 0 saturated heterocycles. The van der Waals surface area contributed by atoms with Crippen LogP contribution in [-0.2, 0) is 0 Å². The van der Waals surface area contributed by atoms with Crippen LogP contribution in [0.4, 0.5) is 5.69 Å². The number of benzene rings is 2. The lowest BCUT2D eigenvalue weighted by Crippen LogP contribution is -2.22. The van der Waals surface area contributed by atoms with Gasteiger partial charge in [-0.25, -0.2) is 0 Å². The summed E-state index contributed by atoms with van der Waals surface area (Å²) in [4.78, 5) is 29.0. The number of anilines is 1. The molecule has 3 rings (SSSR count). The van der Waals surface area contributed by atoms with Gasteiger partial charge in [-0.05, 0) is 42.5 Å². The van der Waals surface area contributed by atoms with Gasteiger partial charge in [0.2, 0.25) is 0 Å². The van der Waals surface area contributed by atoms with Gasteiger partial charge in [0.1, 0.15) is 5.69 Å². The minimum absolute atomic E-state index is 0.119. The molecule has 0 aliphatic carbocycles. The topological polar surface area (TPSA) is 65.2 Å². The van der Waals surface area contributed by atoms with E-state index < -0.39 is 0 Å². The van der Waals surface area contributed by atoms with Gasteiger partial charge in [0.25, 0.3) is 11.8 Å². The fourth-order valence-corrected chi connectivity index (χ4v) is 2.59. The Morgan fingerprint density at radius 1 is 1.08 bits per heavy atom. The second kappa shape index (κ2) is 6.37. The molecule has 122 valence electrons. The average molecular weight is 342 g/mol. The van der Waals surface area contributed by atoms with Gasteiger partial charge in [-0.3, -0.25) is 9.59 Å². The molecule has 3 aromatic rings. The van der Waals surface area contributed by atoms with E-state index in [1.54, 1.807) is 56.6 Å². The third-order valence-electron chi connectivity index (χ3n) is 3.60. The largest absolute Gasteiger partial charge is 0.351 e. The van der Waals surface area contributed by atoms with Crippen molar-refractivity contribution in [3.05, 3.63) is 64.8 Å². The molecule has 0 saturated carbocycles. The first-order valence-electron chi connectivity index (χ1n) is 7.35. The molecule has 0 aliphatic rings. The number of rotatable bonds is 3.